The number of hydrogen-bond acceptors (Lipinski definition) is 9. The number of phenols is 1. The average molecular weight is 549 g/mol. The smallest absolute Gasteiger partial charge is 0.255 e. The van der Waals surface area contributed by atoms with Crippen molar-refractivity contribution < 1.29 is 39.2 Å². The second-order valence-electron chi connectivity index (χ2n) is 11.4. The first-order valence-corrected chi connectivity index (χ1v) is 13.8. The summed E-state index contributed by atoms with van der Waals surface area (Å²) < 4.78 is 6.15. The second kappa shape index (κ2) is 9.64. The third-order valence-electron chi connectivity index (χ3n) is 9.04. The zero-order valence-electron chi connectivity index (χ0n) is 21.9. The molecule has 2 saturated carbocycles. The molecule has 0 spiro atoms. The summed E-state index contributed by atoms with van der Waals surface area (Å²) in [5.74, 6) is -5.18. The monoisotopic (exact) mass is 548 g/mol. The number of carbonyl (C=O) groups excluding carboxylic acids is 3. The number of ketones is 2. The Kier molecular flexibility index (Phi) is 6.35. The second-order valence-corrected chi connectivity index (χ2v) is 11.4. The van der Waals surface area contributed by atoms with Gasteiger partial charge in [-0.05, 0) is 61.4 Å². The Balaban J connectivity index is 1.37. The van der Waals surface area contributed by atoms with Gasteiger partial charge in [-0.2, -0.15) is 0 Å². The Hall–Kier alpha value is -3.89. The minimum Gasteiger partial charge on any atom is -0.508 e. The lowest BCUT2D eigenvalue weighted by atomic mass is 9.59. The lowest BCUT2D eigenvalue weighted by molar-refractivity contribution is -0.147. The van der Waals surface area contributed by atoms with Crippen LogP contribution in [0, 0.1) is 11.8 Å². The molecule has 3 atom stereocenters. The van der Waals surface area contributed by atoms with Gasteiger partial charge in [-0.3, -0.25) is 14.4 Å². The molecule has 10 heteroatoms. The fraction of sp³-hybridized carbons (Fsp3) is 0.433. The molecule has 4 aliphatic carbocycles. The average Bonchev–Trinajstić information content (AvgIpc) is 3.39. The van der Waals surface area contributed by atoms with Crippen molar-refractivity contribution in [2.75, 3.05) is 0 Å². The van der Waals surface area contributed by atoms with E-state index in [1.165, 1.54) is 25.3 Å². The fourth-order valence-corrected chi connectivity index (χ4v) is 7.02. The number of aliphatic hydroxyl groups is 3. The van der Waals surface area contributed by atoms with Crippen LogP contribution in [0.25, 0.3) is 17.1 Å². The maximum Gasteiger partial charge on any atom is 0.255 e. The van der Waals surface area contributed by atoms with Gasteiger partial charge in [-0.15, -0.1) is 0 Å². The van der Waals surface area contributed by atoms with E-state index in [1.54, 1.807) is 6.07 Å². The Morgan fingerprint density at radius 3 is 2.52 bits per heavy atom. The Morgan fingerprint density at radius 2 is 1.80 bits per heavy atom. The minimum atomic E-state index is -2.58. The molecule has 10 nitrogen and oxygen atoms in total. The number of primary amides is 1. The zero-order valence-corrected chi connectivity index (χ0v) is 21.9. The van der Waals surface area contributed by atoms with Gasteiger partial charge in [0.25, 0.3) is 5.91 Å². The van der Waals surface area contributed by atoms with E-state index in [-0.39, 0.29) is 36.1 Å². The third-order valence-corrected chi connectivity index (χ3v) is 9.04. The highest BCUT2D eigenvalue weighted by Crippen LogP contribution is 2.53. The highest BCUT2D eigenvalue weighted by molar-refractivity contribution is 6.22. The molecule has 7 N–H and O–H groups in total. The zero-order chi connectivity index (χ0) is 28.3. The van der Waals surface area contributed by atoms with Crippen LogP contribution in [0.2, 0.25) is 0 Å². The van der Waals surface area contributed by atoms with Crippen molar-refractivity contribution in [2.24, 2.45) is 17.6 Å². The van der Waals surface area contributed by atoms with Gasteiger partial charge < -0.3 is 35.9 Å². The lowest BCUT2D eigenvalue weighted by Crippen LogP contribution is -2.58. The number of nitrogens with one attached hydrogen (secondary N) is 1. The molecule has 1 aromatic carbocycles. The minimum absolute atomic E-state index is 0.0444. The first-order chi connectivity index (χ1) is 19.1. The van der Waals surface area contributed by atoms with Crippen molar-refractivity contribution in [1.82, 2.24) is 5.32 Å². The highest BCUT2D eigenvalue weighted by atomic mass is 16.4. The van der Waals surface area contributed by atoms with Crippen LogP contribution in [0.5, 0.6) is 5.75 Å². The van der Waals surface area contributed by atoms with Gasteiger partial charge in [0, 0.05) is 29.5 Å². The van der Waals surface area contributed by atoms with Crippen molar-refractivity contribution in [3.63, 3.8) is 0 Å². The van der Waals surface area contributed by atoms with Crippen LogP contribution in [0.3, 0.4) is 0 Å². The number of aromatic hydroxyl groups is 1. The quantitative estimate of drug-likeness (QED) is 0.306. The van der Waals surface area contributed by atoms with Gasteiger partial charge >= 0.3 is 0 Å². The van der Waals surface area contributed by atoms with Gasteiger partial charge in [-0.25, -0.2) is 0 Å². The van der Waals surface area contributed by atoms with Crippen molar-refractivity contribution in [2.45, 2.75) is 69.6 Å². The van der Waals surface area contributed by atoms with E-state index in [0.29, 0.717) is 29.5 Å². The SMILES string of the molecule is NC(=O)C1=C(O)[C@@]2(O)C(=O)C3=C(O)c4c(O)ccc(-c5ccc(CNC6CCCCC6)o5)c4C[C@H]3C[C@H]2CC1=O. The van der Waals surface area contributed by atoms with Crippen LogP contribution in [-0.2, 0) is 27.3 Å². The lowest BCUT2D eigenvalue weighted by Gasteiger charge is -2.46. The van der Waals surface area contributed by atoms with E-state index < -0.39 is 52.0 Å². The van der Waals surface area contributed by atoms with Crippen LogP contribution in [0.1, 0.15) is 61.8 Å². The van der Waals surface area contributed by atoms with Crippen LogP contribution in [0.15, 0.2) is 45.6 Å². The number of benzene rings is 1. The number of aliphatic hydroxyl groups excluding tert-OH is 2. The molecule has 0 bridgehead atoms. The molecular weight excluding hydrogens is 516 g/mol. The largest absolute Gasteiger partial charge is 0.508 e. The normalized spacial score (nSPS) is 26.9. The Bertz CT molecular complexity index is 1490. The molecule has 0 radical (unpaired) electrons. The van der Waals surface area contributed by atoms with E-state index in [1.807, 2.05) is 12.1 Å². The molecule has 4 aliphatic rings. The number of phenolic OH excluding ortho intramolecular Hbond substituents is 1. The molecule has 0 saturated heterocycles. The van der Waals surface area contributed by atoms with E-state index >= 15 is 0 Å². The molecule has 1 amide bonds. The fourth-order valence-electron chi connectivity index (χ4n) is 7.02. The maximum atomic E-state index is 13.7. The van der Waals surface area contributed by atoms with Crippen molar-refractivity contribution >= 4 is 23.2 Å². The maximum absolute atomic E-state index is 13.7. The molecule has 0 unspecified atom stereocenters. The van der Waals surface area contributed by atoms with Crippen LogP contribution in [-0.4, -0.2) is 49.5 Å². The molecular formula is C30H32N2O8. The van der Waals surface area contributed by atoms with E-state index in [4.69, 9.17) is 10.2 Å². The Morgan fingerprint density at radius 1 is 1.05 bits per heavy atom. The summed E-state index contributed by atoms with van der Waals surface area (Å²) in [5.41, 5.74) is 2.95. The van der Waals surface area contributed by atoms with Crippen LogP contribution < -0.4 is 11.1 Å². The first-order valence-electron chi connectivity index (χ1n) is 13.8. The van der Waals surface area contributed by atoms with Gasteiger partial charge in [0.1, 0.15) is 34.4 Å². The summed E-state index contributed by atoms with van der Waals surface area (Å²) in [5, 5.41) is 47.7. The number of carbonyl (C=O) groups is 3. The molecule has 6 rings (SSSR count). The molecule has 2 fully saturated rings. The molecule has 1 heterocycles. The van der Waals surface area contributed by atoms with Crippen LogP contribution >= 0.6 is 0 Å². The predicted molar refractivity (Wildman–Crippen MR) is 143 cm³/mol. The topological polar surface area (TPSA) is 183 Å². The summed E-state index contributed by atoms with van der Waals surface area (Å²) in [6, 6.07) is 7.28. The molecule has 2 aromatic rings. The third kappa shape index (κ3) is 3.97. The number of amides is 1. The first kappa shape index (κ1) is 26.3. The summed E-state index contributed by atoms with van der Waals surface area (Å²) in [4.78, 5) is 38.0. The van der Waals surface area contributed by atoms with E-state index in [0.717, 1.165) is 18.6 Å². The summed E-state index contributed by atoms with van der Waals surface area (Å²) >= 11 is 0. The number of furan rings is 1. The molecule has 0 aliphatic heterocycles. The van der Waals surface area contributed by atoms with Crippen molar-refractivity contribution in [3.05, 3.63) is 58.1 Å². The van der Waals surface area contributed by atoms with Crippen molar-refractivity contribution in [3.8, 4) is 17.1 Å². The standard InChI is InChI=1S/C30H32N2O8/c31-29(38)25-21(34)12-15-10-14-11-19-18(22-9-6-17(40-22)13-32-16-4-2-1-3-5-16)7-8-20(33)24(19)26(35)23(14)27(36)30(15,39)28(25)37/h6-9,14-16,32-33,35,37,39H,1-5,10-13H2,(H2,31,38)/t14-,15+,30+/m1/s1. The van der Waals surface area contributed by atoms with Gasteiger partial charge in [0.2, 0.25) is 5.78 Å². The Labute approximate surface area is 230 Å². The predicted octanol–water partition coefficient (Wildman–Crippen LogP) is 3.11. The van der Waals surface area contributed by atoms with Gasteiger partial charge in [-0.1, -0.05) is 19.3 Å². The highest BCUT2D eigenvalue weighted by Gasteiger charge is 2.60. The number of rotatable bonds is 5. The number of fused-ring (bicyclic) bond motifs is 3. The summed E-state index contributed by atoms with van der Waals surface area (Å²) in [7, 11) is 0. The number of nitrogens with two attached hydrogens (primary N) is 1. The molecule has 40 heavy (non-hydrogen) atoms. The number of hydrogen-bond donors (Lipinski definition) is 6. The van der Waals surface area contributed by atoms with Gasteiger partial charge in [0.05, 0.1) is 12.1 Å². The van der Waals surface area contributed by atoms with Crippen LogP contribution in [0.4, 0.5) is 0 Å². The van der Waals surface area contributed by atoms with E-state index in [9.17, 15) is 34.8 Å². The van der Waals surface area contributed by atoms with E-state index in [2.05, 4.69) is 5.32 Å². The number of Topliss-reactive ketones (excluding diaryl/α,β-unsaturated/α-hetero) is 2. The summed E-state index contributed by atoms with van der Waals surface area (Å²) in [6.07, 6.45) is 5.94. The molecule has 210 valence electrons. The van der Waals surface area contributed by atoms with Gasteiger partial charge in [0.15, 0.2) is 11.4 Å². The summed E-state index contributed by atoms with van der Waals surface area (Å²) in [6.45, 7) is 0.579. The molecule has 1 aromatic heterocycles. The van der Waals surface area contributed by atoms with Crippen molar-refractivity contribution in [1.29, 1.82) is 0 Å².